The van der Waals surface area contributed by atoms with Crippen LogP contribution < -0.4 is 5.73 Å². The van der Waals surface area contributed by atoms with Gasteiger partial charge in [-0.25, -0.2) is 30.2 Å². The first-order valence-electron chi connectivity index (χ1n) is 14.8. The van der Waals surface area contributed by atoms with Crippen LogP contribution in [0.1, 0.15) is 39.2 Å². The Labute approximate surface area is 283 Å². The van der Waals surface area contributed by atoms with Crippen LogP contribution in [-0.4, -0.2) is 9.97 Å². The summed E-state index contributed by atoms with van der Waals surface area (Å²) in [7, 11) is 0. The molecule has 0 spiro atoms. The average Bonchev–Trinajstić information content (AvgIpc) is 3.59. The molecule has 7 rings (SSSR count). The molecule has 0 unspecified atom stereocenters. The fourth-order valence-corrected chi connectivity index (χ4v) is 6.52. The fraction of sp³-hybridized carbons (Fsp3) is 0.0513. The van der Waals surface area contributed by atoms with Crippen molar-refractivity contribution in [3.05, 3.63) is 146 Å². The van der Waals surface area contributed by atoms with Gasteiger partial charge in [0.15, 0.2) is 0 Å². The first-order valence-corrected chi connectivity index (χ1v) is 14.8. The van der Waals surface area contributed by atoms with Crippen LogP contribution in [0.25, 0.3) is 65.6 Å². The van der Waals surface area contributed by atoms with Crippen LogP contribution in [0.5, 0.6) is 0 Å². The maximum atomic E-state index is 14.1. The third-order valence-corrected chi connectivity index (χ3v) is 8.69. The Kier molecular flexibility index (Phi) is 7.04. The van der Waals surface area contributed by atoms with E-state index in [0.29, 0.717) is 33.5 Å². The van der Waals surface area contributed by atoms with E-state index in [0.717, 1.165) is 22.8 Å². The Hall–Kier alpha value is -7.52. The molecule has 2 N–H and O–H groups in total. The zero-order valence-electron chi connectivity index (χ0n) is 25.8. The molecule has 0 atom stereocenters. The Morgan fingerprint density at radius 2 is 1.16 bits per heavy atom. The number of aryl methyl sites for hydroxylation is 1. The van der Waals surface area contributed by atoms with Crippen molar-refractivity contribution in [1.29, 1.82) is 15.8 Å². The van der Waals surface area contributed by atoms with Gasteiger partial charge in [-0.15, -0.1) is 0 Å². The van der Waals surface area contributed by atoms with Gasteiger partial charge in [0.25, 0.3) is 11.4 Å². The summed E-state index contributed by atoms with van der Waals surface area (Å²) in [5.41, 5.74) is 10.3. The van der Waals surface area contributed by atoms with Gasteiger partial charge >= 0.3 is 6.18 Å². The Bertz CT molecular complexity index is 2630. The normalized spacial score (nSPS) is 14.1. The summed E-state index contributed by atoms with van der Waals surface area (Å²) >= 11 is 0. The Morgan fingerprint density at radius 1 is 0.660 bits per heavy atom. The predicted molar refractivity (Wildman–Crippen MR) is 179 cm³/mol. The minimum atomic E-state index is -4.71. The molecule has 11 heteroatoms. The molecule has 0 saturated heterocycles. The number of hydrogen-bond acceptors (Lipinski definition) is 6. The number of rotatable bonds is 2. The molecule has 8 nitrogen and oxygen atoms in total. The van der Waals surface area contributed by atoms with Crippen LogP contribution >= 0.6 is 0 Å². The van der Waals surface area contributed by atoms with Crippen molar-refractivity contribution in [3.63, 3.8) is 0 Å². The molecule has 50 heavy (non-hydrogen) atoms. The van der Waals surface area contributed by atoms with E-state index in [1.807, 2.05) is 37.3 Å². The number of anilines is 1. The second kappa shape index (κ2) is 11.3. The maximum absolute atomic E-state index is 14.1. The van der Waals surface area contributed by atoms with Crippen molar-refractivity contribution in [1.82, 2.24) is 9.97 Å². The lowest BCUT2D eigenvalue weighted by Gasteiger charge is -2.15. The molecule has 0 saturated carbocycles. The number of aromatic nitrogens is 2. The van der Waals surface area contributed by atoms with E-state index < -0.39 is 11.7 Å². The van der Waals surface area contributed by atoms with E-state index >= 15 is 0 Å². The molecule has 234 valence electrons. The highest BCUT2D eigenvalue weighted by atomic mass is 19.4. The third-order valence-electron chi connectivity index (χ3n) is 8.69. The summed E-state index contributed by atoms with van der Waals surface area (Å²) in [5.74, 6) is 0. The zero-order chi connectivity index (χ0) is 35.5. The van der Waals surface area contributed by atoms with Gasteiger partial charge in [0.1, 0.15) is 0 Å². The van der Waals surface area contributed by atoms with E-state index in [-0.39, 0.29) is 56.4 Å². The summed E-state index contributed by atoms with van der Waals surface area (Å²) in [4.78, 5) is 16.7. The fourth-order valence-electron chi connectivity index (χ4n) is 6.52. The molecule has 5 aromatic rings. The van der Waals surface area contributed by atoms with Crippen LogP contribution in [0.2, 0.25) is 0 Å². The number of nitriles is 3. The number of alkyl halides is 3. The summed E-state index contributed by atoms with van der Waals surface area (Å²) in [6, 6.07) is 24.7. The molecule has 0 fully saturated rings. The number of nitrogens with zero attached hydrogens (tertiary/aromatic N) is 7. The molecule has 2 aliphatic carbocycles. The molecule has 2 aliphatic rings. The first kappa shape index (κ1) is 31.1. The van der Waals surface area contributed by atoms with Gasteiger partial charge in [0, 0.05) is 28.0 Å². The average molecular weight is 655 g/mol. The van der Waals surface area contributed by atoms with Gasteiger partial charge in [-0.2, -0.15) is 18.4 Å². The van der Waals surface area contributed by atoms with Gasteiger partial charge < -0.3 is 5.73 Å². The second-order valence-electron chi connectivity index (χ2n) is 11.5. The SMILES string of the molecule is [C-]#[N+]/C(C#N)=C1/c2cc(-c3ccc(C#N)cc3C)ccc2-c2nc3c(nc21)-c1ccc(-c2ccc(N)cc2C(F)(F)F)cc1/C3=C(/C#N)[N+]#[C-]. The summed E-state index contributed by atoms with van der Waals surface area (Å²) in [5, 5.41) is 29.3. The Balaban J connectivity index is 1.47. The monoisotopic (exact) mass is 654 g/mol. The van der Waals surface area contributed by atoms with E-state index in [4.69, 9.17) is 28.8 Å². The van der Waals surface area contributed by atoms with Crippen molar-refractivity contribution in [3.8, 4) is 63.0 Å². The van der Waals surface area contributed by atoms with Crippen LogP contribution in [0, 0.1) is 54.1 Å². The quantitative estimate of drug-likeness (QED) is 0.112. The molecule has 4 aromatic carbocycles. The summed E-state index contributed by atoms with van der Waals surface area (Å²) in [6.07, 6.45) is -4.71. The minimum Gasteiger partial charge on any atom is -0.399 e. The second-order valence-corrected chi connectivity index (χ2v) is 11.5. The molecular formula is C39H17F3N8. The highest BCUT2D eigenvalue weighted by Crippen LogP contribution is 2.52. The largest absolute Gasteiger partial charge is 0.417 e. The summed E-state index contributed by atoms with van der Waals surface area (Å²) in [6.45, 7) is 17.4. The maximum Gasteiger partial charge on any atom is 0.417 e. The number of fused-ring (bicyclic) bond motifs is 6. The van der Waals surface area contributed by atoms with Crippen molar-refractivity contribution >= 4 is 16.8 Å². The van der Waals surface area contributed by atoms with Crippen molar-refractivity contribution in [2.75, 3.05) is 5.73 Å². The smallest absolute Gasteiger partial charge is 0.399 e. The highest BCUT2D eigenvalue weighted by molar-refractivity contribution is 6.07. The molecule has 1 heterocycles. The zero-order valence-corrected chi connectivity index (χ0v) is 25.8. The van der Waals surface area contributed by atoms with Gasteiger partial charge in [-0.3, -0.25) is 0 Å². The number of allylic oxidation sites excluding steroid dienone is 2. The standard InChI is InChI=1S/C39H17F3N8/c1-19-12-20(16-43)4-8-24(19)21-5-9-26-28(13-21)33(31(17-44)47-2)37-35(26)49-38-34(32(18-45)48-3)29-14-22(6-10-27(29)36(38)50-37)25-11-7-23(46)15-30(25)39(40,41)42/h4-15H,46H2,1H3/b33-31-,34-32+. The van der Waals surface area contributed by atoms with Gasteiger partial charge in [-0.05, 0) is 82.3 Å². The van der Waals surface area contributed by atoms with E-state index in [1.54, 1.807) is 24.3 Å². The van der Waals surface area contributed by atoms with Crippen LogP contribution in [-0.2, 0) is 6.18 Å². The van der Waals surface area contributed by atoms with Crippen molar-refractivity contribution in [2.24, 2.45) is 0 Å². The molecular weight excluding hydrogens is 637 g/mol. The molecule has 0 amide bonds. The predicted octanol–water partition coefficient (Wildman–Crippen LogP) is 8.96. The van der Waals surface area contributed by atoms with Gasteiger partial charge in [0.05, 0.1) is 65.3 Å². The van der Waals surface area contributed by atoms with Gasteiger partial charge in [0.2, 0.25) is 0 Å². The number of nitrogen functional groups attached to an aromatic ring is 1. The molecule has 1 aromatic heterocycles. The number of hydrogen-bond donors (Lipinski definition) is 1. The van der Waals surface area contributed by atoms with Crippen LogP contribution in [0.4, 0.5) is 18.9 Å². The molecule has 0 radical (unpaired) electrons. The number of benzene rings is 4. The third kappa shape index (κ3) is 4.65. The highest BCUT2D eigenvalue weighted by Gasteiger charge is 2.38. The van der Waals surface area contributed by atoms with Crippen LogP contribution in [0.15, 0.2) is 84.2 Å². The lowest BCUT2D eigenvalue weighted by Crippen LogP contribution is -2.08. The van der Waals surface area contributed by atoms with E-state index in [9.17, 15) is 29.0 Å². The lowest BCUT2D eigenvalue weighted by molar-refractivity contribution is -0.137. The van der Waals surface area contributed by atoms with Crippen molar-refractivity contribution in [2.45, 2.75) is 13.1 Å². The Morgan fingerprint density at radius 3 is 1.62 bits per heavy atom. The topological polar surface area (TPSA) is 132 Å². The summed E-state index contributed by atoms with van der Waals surface area (Å²) < 4.78 is 42.2. The van der Waals surface area contributed by atoms with E-state index in [2.05, 4.69) is 15.8 Å². The minimum absolute atomic E-state index is 0.0580. The molecule has 0 bridgehead atoms. The van der Waals surface area contributed by atoms with Crippen molar-refractivity contribution < 1.29 is 13.2 Å². The number of halogens is 3. The molecule has 0 aliphatic heterocycles. The van der Waals surface area contributed by atoms with Gasteiger partial charge in [-0.1, -0.05) is 36.4 Å². The van der Waals surface area contributed by atoms with Crippen LogP contribution in [0.3, 0.4) is 0 Å². The number of nitrogens with two attached hydrogens (primary N) is 1. The van der Waals surface area contributed by atoms with E-state index in [1.165, 1.54) is 24.3 Å². The lowest BCUT2D eigenvalue weighted by atomic mass is 9.94. The first-order chi connectivity index (χ1) is 24.0.